The molecule has 3 rings (SSSR count). The third-order valence-electron chi connectivity index (χ3n) is 3.77. The number of carbonyl (C=O) groups excluding carboxylic acids is 1. The summed E-state index contributed by atoms with van der Waals surface area (Å²) in [6.45, 7) is 0. The monoisotopic (exact) mass is 367 g/mol. The lowest BCUT2D eigenvalue weighted by Crippen LogP contribution is -2.19. The third-order valence-corrected chi connectivity index (χ3v) is 5.03. The van der Waals surface area contributed by atoms with Crippen LogP contribution in [-0.4, -0.2) is 13.0 Å². The molecular formula is C21H18FNO2S. The van der Waals surface area contributed by atoms with E-state index in [1.165, 1.54) is 23.9 Å². The van der Waals surface area contributed by atoms with Gasteiger partial charge in [0.15, 0.2) is 0 Å². The molecule has 0 radical (unpaired) electrons. The summed E-state index contributed by atoms with van der Waals surface area (Å²) < 4.78 is 18.3. The first kappa shape index (κ1) is 18.0. The summed E-state index contributed by atoms with van der Waals surface area (Å²) in [5.74, 6) is 0.285. The van der Waals surface area contributed by atoms with Crippen molar-refractivity contribution in [2.24, 2.45) is 0 Å². The molecule has 132 valence electrons. The summed E-state index contributed by atoms with van der Waals surface area (Å²) in [6, 6.07) is 22.8. The van der Waals surface area contributed by atoms with Crippen LogP contribution >= 0.6 is 11.8 Å². The molecule has 3 aromatic rings. The van der Waals surface area contributed by atoms with Gasteiger partial charge in [0.2, 0.25) is 5.91 Å². The van der Waals surface area contributed by atoms with Crippen LogP contribution in [0.1, 0.15) is 10.8 Å². The Hall–Kier alpha value is -2.79. The number of amides is 1. The molecule has 0 unspecified atom stereocenters. The quantitative estimate of drug-likeness (QED) is 0.600. The van der Waals surface area contributed by atoms with E-state index < -0.39 is 5.25 Å². The maximum atomic E-state index is 13.2. The molecule has 0 aliphatic rings. The van der Waals surface area contributed by atoms with Crippen molar-refractivity contribution in [1.29, 1.82) is 0 Å². The minimum Gasteiger partial charge on any atom is -0.497 e. The van der Waals surface area contributed by atoms with Crippen molar-refractivity contribution in [1.82, 2.24) is 0 Å². The van der Waals surface area contributed by atoms with Crippen molar-refractivity contribution in [2.75, 3.05) is 12.4 Å². The molecule has 0 saturated heterocycles. The van der Waals surface area contributed by atoms with E-state index in [1.807, 2.05) is 30.3 Å². The van der Waals surface area contributed by atoms with Gasteiger partial charge in [-0.1, -0.05) is 30.3 Å². The van der Waals surface area contributed by atoms with Crippen LogP contribution in [0, 0.1) is 5.82 Å². The predicted octanol–water partition coefficient (Wildman–Crippen LogP) is 5.31. The minimum absolute atomic E-state index is 0.143. The minimum atomic E-state index is -0.455. The number of anilines is 1. The fourth-order valence-corrected chi connectivity index (χ4v) is 3.46. The molecule has 1 atom stereocenters. The van der Waals surface area contributed by atoms with Gasteiger partial charge in [-0.05, 0) is 54.1 Å². The Bertz CT molecular complexity index is 851. The number of benzene rings is 3. The highest BCUT2D eigenvalue weighted by atomic mass is 32.2. The molecule has 3 aromatic carbocycles. The lowest BCUT2D eigenvalue weighted by atomic mass is 10.1. The van der Waals surface area contributed by atoms with E-state index in [4.69, 9.17) is 4.74 Å². The number of rotatable bonds is 6. The summed E-state index contributed by atoms with van der Waals surface area (Å²) in [6.07, 6.45) is 0. The first-order valence-electron chi connectivity index (χ1n) is 8.08. The molecule has 0 aliphatic carbocycles. The van der Waals surface area contributed by atoms with Gasteiger partial charge >= 0.3 is 0 Å². The van der Waals surface area contributed by atoms with Crippen molar-refractivity contribution in [3.05, 3.63) is 90.2 Å². The Labute approximate surface area is 156 Å². The Balaban J connectivity index is 1.81. The average Bonchev–Trinajstić information content (AvgIpc) is 2.68. The molecule has 0 saturated carbocycles. The summed E-state index contributed by atoms with van der Waals surface area (Å²) in [7, 11) is 1.60. The summed E-state index contributed by atoms with van der Waals surface area (Å²) in [5, 5.41) is 2.48. The first-order valence-corrected chi connectivity index (χ1v) is 8.96. The number of halogens is 1. The van der Waals surface area contributed by atoms with Crippen molar-refractivity contribution >= 4 is 23.4 Å². The van der Waals surface area contributed by atoms with Gasteiger partial charge in [-0.15, -0.1) is 11.8 Å². The van der Waals surface area contributed by atoms with E-state index in [-0.39, 0.29) is 11.7 Å². The van der Waals surface area contributed by atoms with Crippen LogP contribution in [-0.2, 0) is 4.79 Å². The largest absolute Gasteiger partial charge is 0.497 e. The van der Waals surface area contributed by atoms with Gasteiger partial charge in [0.25, 0.3) is 0 Å². The maximum absolute atomic E-state index is 13.2. The molecule has 0 fully saturated rings. The smallest absolute Gasteiger partial charge is 0.242 e. The van der Waals surface area contributed by atoms with E-state index in [0.717, 1.165) is 16.2 Å². The first-order chi connectivity index (χ1) is 12.7. The Kier molecular flexibility index (Phi) is 5.92. The second-order valence-electron chi connectivity index (χ2n) is 5.58. The standard InChI is InChI=1S/C21H18FNO2S/c1-25-18-11-9-17(10-12-18)23-21(24)20(15-5-3-2-4-6-15)26-19-13-7-16(22)8-14-19/h2-14,20H,1H3,(H,23,24)/t20-/m0/s1. The van der Waals surface area contributed by atoms with E-state index in [1.54, 1.807) is 43.5 Å². The maximum Gasteiger partial charge on any atom is 0.242 e. The van der Waals surface area contributed by atoms with Crippen LogP contribution in [0.15, 0.2) is 83.8 Å². The van der Waals surface area contributed by atoms with Gasteiger partial charge in [-0.25, -0.2) is 4.39 Å². The van der Waals surface area contributed by atoms with Crippen LogP contribution in [0.4, 0.5) is 10.1 Å². The fraction of sp³-hybridized carbons (Fsp3) is 0.0952. The zero-order valence-electron chi connectivity index (χ0n) is 14.2. The molecule has 0 aromatic heterocycles. The summed E-state index contributed by atoms with van der Waals surface area (Å²) in [5.41, 5.74) is 1.57. The number of carbonyl (C=O) groups is 1. The van der Waals surface area contributed by atoms with Crippen LogP contribution in [0.5, 0.6) is 5.75 Å². The number of methoxy groups -OCH3 is 1. The predicted molar refractivity (Wildman–Crippen MR) is 103 cm³/mol. The zero-order valence-corrected chi connectivity index (χ0v) is 15.0. The van der Waals surface area contributed by atoms with Gasteiger partial charge in [0.1, 0.15) is 16.8 Å². The van der Waals surface area contributed by atoms with Crippen molar-refractivity contribution in [2.45, 2.75) is 10.1 Å². The lowest BCUT2D eigenvalue weighted by molar-refractivity contribution is -0.115. The SMILES string of the molecule is COc1ccc(NC(=O)[C@@H](Sc2ccc(F)cc2)c2ccccc2)cc1. The normalized spacial score (nSPS) is 11.6. The number of hydrogen-bond donors (Lipinski definition) is 1. The van der Waals surface area contributed by atoms with Crippen molar-refractivity contribution in [3.63, 3.8) is 0 Å². The van der Waals surface area contributed by atoms with Gasteiger partial charge in [0, 0.05) is 10.6 Å². The number of thioether (sulfide) groups is 1. The van der Waals surface area contributed by atoms with E-state index in [2.05, 4.69) is 5.32 Å². The Morgan fingerprint density at radius 1 is 0.962 bits per heavy atom. The second-order valence-corrected chi connectivity index (χ2v) is 6.76. The molecule has 3 nitrogen and oxygen atoms in total. The summed E-state index contributed by atoms with van der Waals surface area (Å²) >= 11 is 1.38. The molecule has 0 spiro atoms. The lowest BCUT2D eigenvalue weighted by Gasteiger charge is -2.17. The highest BCUT2D eigenvalue weighted by Crippen LogP contribution is 2.36. The van der Waals surface area contributed by atoms with Gasteiger partial charge in [0.05, 0.1) is 7.11 Å². The molecule has 0 bridgehead atoms. The van der Waals surface area contributed by atoms with Crippen LogP contribution in [0.2, 0.25) is 0 Å². The molecule has 1 amide bonds. The van der Waals surface area contributed by atoms with E-state index in [0.29, 0.717) is 5.69 Å². The Morgan fingerprint density at radius 3 is 2.23 bits per heavy atom. The molecule has 0 aliphatic heterocycles. The molecule has 0 heterocycles. The van der Waals surface area contributed by atoms with E-state index in [9.17, 15) is 9.18 Å². The Morgan fingerprint density at radius 2 is 1.62 bits per heavy atom. The number of hydrogen-bond acceptors (Lipinski definition) is 3. The van der Waals surface area contributed by atoms with Crippen LogP contribution < -0.4 is 10.1 Å². The molecular weight excluding hydrogens is 349 g/mol. The van der Waals surface area contributed by atoms with Crippen LogP contribution in [0.25, 0.3) is 0 Å². The molecule has 26 heavy (non-hydrogen) atoms. The van der Waals surface area contributed by atoms with Gasteiger partial charge in [-0.3, -0.25) is 4.79 Å². The van der Waals surface area contributed by atoms with E-state index >= 15 is 0 Å². The second kappa shape index (κ2) is 8.54. The highest BCUT2D eigenvalue weighted by molar-refractivity contribution is 8.00. The topological polar surface area (TPSA) is 38.3 Å². The van der Waals surface area contributed by atoms with Crippen LogP contribution in [0.3, 0.4) is 0 Å². The number of nitrogens with one attached hydrogen (secondary N) is 1. The average molecular weight is 367 g/mol. The highest BCUT2D eigenvalue weighted by Gasteiger charge is 2.22. The van der Waals surface area contributed by atoms with Crippen molar-refractivity contribution < 1.29 is 13.9 Å². The number of ether oxygens (including phenoxy) is 1. The molecule has 5 heteroatoms. The van der Waals surface area contributed by atoms with Gasteiger partial charge in [-0.2, -0.15) is 0 Å². The zero-order chi connectivity index (χ0) is 18.4. The molecule has 1 N–H and O–H groups in total. The fourth-order valence-electron chi connectivity index (χ4n) is 2.43. The van der Waals surface area contributed by atoms with Gasteiger partial charge < -0.3 is 10.1 Å². The summed E-state index contributed by atoms with van der Waals surface area (Å²) in [4.78, 5) is 13.7. The third kappa shape index (κ3) is 4.64. The van der Waals surface area contributed by atoms with Crippen molar-refractivity contribution in [3.8, 4) is 5.75 Å².